The lowest BCUT2D eigenvalue weighted by Gasteiger charge is -2.08. The lowest BCUT2D eigenvalue weighted by molar-refractivity contribution is -0.136. The Morgan fingerprint density at radius 1 is 1.31 bits per heavy atom. The van der Waals surface area contributed by atoms with Gasteiger partial charge in [-0.05, 0) is 6.92 Å². The number of imide groups is 1. The third kappa shape index (κ3) is 4.57. The van der Waals surface area contributed by atoms with Crippen molar-refractivity contribution >= 4 is 20.1 Å². The molecule has 0 saturated heterocycles. The van der Waals surface area contributed by atoms with E-state index in [0.717, 1.165) is 0 Å². The fourth-order valence-corrected chi connectivity index (χ4v) is 0.743. The molecule has 7 heteroatoms. The van der Waals surface area contributed by atoms with E-state index >= 15 is 0 Å². The van der Waals surface area contributed by atoms with Crippen LogP contribution in [0.4, 0.5) is 0 Å². The van der Waals surface area contributed by atoms with Gasteiger partial charge in [-0.3, -0.25) is 19.1 Å². The molecule has 0 bridgehead atoms. The van der Waals surface area contributed by atoms with Crippen LogP contribution in [0.15, 0.2) is 12.2 Å². The summed E-state index contributed by atoms with van der Waals surface area (Å²) in [6.45, 7) is 2.23. The van der Waals surface area contributed by atoms with Crippen molar-refractivity contribution in [3.8, 4) is 0 Å². The molecule has 2 N–H and O–H groups in total. The van der Waals surface area contributed by atoms with Crippen molar-refractivity contribution in [2.45, 2.75) is 6.92 Å². The Kier molecular flexibility index (Phi) is 5.22. The molecule has 0 radical (unpaired) electrons. The minimum absolute atomic E-state index is 0.206. The summed E-state index contributed by atoms with van der Waals surface area (Å²) in [6.07, 6.45) is 2.57. The molecule has 0 unspecified atom stereocenters. The second-order valence-electron chi connectivity index (χ2n) is 2.04. The number of hydrogen-bond acceptors (Lipinski definition) is 3. The zero-order chi connectivity index (χ0) is 10.4. The van der Waals surface area contributed by atoms with E-state index in [0.29, 0.717) is 6.54 Å². The van der Waals surface area contributed by atoms with Gasteiger partial charge in [0.1, 0.15) is 0 Å². The Morgan fingerprint density at radius 3 is 1.77 bits per heavy atom. The Labute approximate surface area is 75.4 Å². The maximum atomic E-state index is 10.6. The van der Waals surface area contributed by atoms with Gasteiger partial charge < -0.3 is 9.79 Å². The monoisotopic (exact) mass is 207 g/mol. The van der Waals surface area contributed by atoms with Crippen molar-refractivity contribution in [2.24, 2.45) is 0 Å². The molecule has 0 atom stereocenters. The average Bonchev–Trinajstić information content (AvgIpc) is 2.30. The van der Waals surface area contributed by atoms with Crippen molar-refractivity contribution in [1.82, 2.24) is 4.90 Å². The third-order valence-corrected chi connectivity index (χ3v) is 1.22. The molecule has 6 nitrogen and oxygen atoms in total. The van der Waals surface area contributed by atoms with E-state index in [1.807, 2.05) is 0 Å². The zero-order valence-corrected chi connectivity index (χ0v) is 7.93. The van der Waals surface area contributed by atoms with Gasteiger partial charge in [0, 0.05) is 18.7 Å². The molecule has 0 fully saturated rings. The molecular formula is C6H10NO5P. The number of hydrogen-bond donors (Lipinski definition) is 2. The van der Waals surface area contributed by atoms with Crippen molar-refractivity contribution < 1.29 is 23.9 Å². The molecule has 13 heavy (non-hydrogen) atoms. The van der Waals surface area contributed by atoms with Crippen LogP contribution in [0.2, 0.25) is 0 Å². The fourth-order valence-electron chi connectivity index (χ4n) is 0.743. The van der Waals surface area contributed by atoms with Gasteiger partial charge in [-0.25, -0.2) is 0 Å². The van der Waals surface area contributed by atoms with Gasteiger partial charge in [0.05, 0.1) is 0 Å². The smallest absolute Gasteiger partial charge is 0.314 e. The van der Waals surface area contributed by atoms with Crippen molar-refractivity contribution in [1.29, 1.82) is 0 Å². The molecule has 1 heterocycles. The quantitative estimate of drug-likeness (QED) is 0.437. The third-order valence-electron chi connectivity index (χ3n) is 1.22. The topological polar surface area (TPSA) is 94.9 Å². The number of amides is 2. The van der Waals surface area contributed by atoms with E-state index in [2.05, 4.69) is 0 Å². The molecule has 0 aromatic carbocycles. The normalized spacial score (nSPS) is 14.9. The standard InChI is InChI=1S/C6H7NO2.H3O3P/c1-2-7-5(8)3-4-6(7)9;1-4(2)3/h3-4H,2H2,1H3;4H,(H2,1,2,3). The van der Waals surface area contributed by atoms with Crippen LogP contribution in [0.3, 0.4) is 0 Å². The Morgan fingerprint density at radius 2 is 1.62 bits per heavy atom. The molecule has 0 saturated carbocycles. The van der Waals surface area contributed by atoms with Crippen LogP contribution in [-0.4, -0.2) is 33.0 Å². The first-order valence-electron chi connectivity index (χ1n) is 3.44. The second-order valence-corrected chi connectivity index (χ2v) is 2.60. The van der Waals surface area contributed by atoms with Crippen LogP contribution < -0.4 is 0 Å². The minimum atomic E-state index is -3.13. The van der Waals surface area contributed by atoms with Gasteiger partial charge in [0.2, 0.25) is 0 Å². The summed E-state index contributed by atoms with van der Waals surface area (Å²) in [5.74, 6) is -0.412. The minimum Gasteiger partial charge on any atom is -0.326 e. The lowest BCUT2D eigenvalue weighted by atomic mass is 10.5. The first-order valence-corrected chi connectivity index (χ1v) is 4.74. The summed E-state index contributed by atoms with van der Waals surface area (Å²) < 4.78 is 8.74. The maximum absolute atomic E-state index is 10.6. The maximum Gasteiger partial charge on any atom is 0.314 e. The molecule has 0 spiro atoms. The van der Waals surface area contributed by atoms with Gasteiger partial charge in [0.15, 0.2) is 0 Å². The van der Waals surface area contributed by atoms with Crippen LogP contribution in [0.1, 0.15) is 6.92 Å². The van der Waals surface area contributed by atoms with E-state index in [4.69, 9.17) is 14.4 Å². The van der Waals surface area contributed by atoms with E-state index in [1.54, 1.807) is 6.92 Å². The van der Waals surface area contributed by atoms with Crippen LogP contribution >= 0.6 is 8.25 Å². The van der Waals surface area contributed by atoms with Crippen LogP contribution in [0, 0.1) is 0 Å². The largest absolute Gasteiger partial charge is 0.326 e. The molecule has 1 aliphatic heterocycles. The summed E-state index contributed by atoms with van der Waals surface area (Å²) in [7, 11) is -3.13. The SMILES string of the molecule is CCN1C(=O)C=CC1=O.O=[PH](O)O. The van der Waals surface area contributed by atoms with Crippen LogP contribution in [-0.2, 0) is 14.2 Å². The van der Waals surface area contributed by atoms with Gasteiger partial charge in [-0.15, -0.1) is 0 Å². The molecule has 0 aliphatic carbocycles. The zero-order valence-electron chi connectivity index (χ0n) is 6.93. The van der Waals surface area contributed by atoms with Crippen molar-refractivity contribution in [3.63, 3.8) is 0 Å². The second kappa shape index (κ2) is 5.64. The van der Waals surface area contributed by atoms with Gasteiger partial charge in [-0.1, -0.05) is 0 Å². The van der Waals surface area contributed by atoms with Gasteiger partial charge >= 0.3 is 8.25 Å². The Bertz CT molecular complexity index is 240. The van der Waals surface area contributed by atoms with Gasteiger partial charge in [0.25, 0.3) is 11.8 Å². The van der Waals surface area contributed by atoms with Crippen LogP contribution in [0.5, 0.6) is 0 Å². The van der Waals surface area contributed by atoms with Crippen molar-refractivity contribution in [2.75, 3.05) is 6.54 Å². The van der Waals surface area contributed by atoms with Gasteiger partial charge in [-0.2, -0.15) is 0 Å². The average molecular weight is 207 g/mol. The predicted molar refractivity (Wildman–Crippen MR) is 45.0 cm³/mol. The number of carbonyl (C=O) groups is 2. The summed E-state index contributed by atoms with van der Waals surface area (Å²) in [6, 6.07) is 0. The number of likely N-dealkylation sites (N-methyl/N-ethyl adjacent to an activating group) is 1. The summed E-state index contributed by atoms with van der Waals surface area (Å²) in [4.78, 5) is 36.8. The fraction of sp³-hybridized carbons (Fsp3) is 0.333. The first-order chi connectivity index (χ1) is 5.99. The van der Waals surface area contributed by atoms with E-state index < -0.39 is 8.25 Å². The number of carbonyl (C=O) groups excluding carboxylic acids is 2. The predicted octanol–water partition coefficient (Wildman–Crippen LogP) is -0.708. The summed E-state index contributed by atoms with van der Waals surface area (Å²) >= 11 is 0. The Balaban J connectivity index is 0.000000310. The Hall–Kier alpha value is -0.970. The highest BCUT2D eigenvalue weighted by Crippen LogP contribution is 2.00. The highest BCUT2D eigenvalue weighted by molar-refractivity contribution is 7.30. The highest BCUT2D eigenvalue weighted by atomic mass is 31.1. The number of rotatable bonds is 1. The molecular weight excluding hydrogens is 197 g/mol. The molecule has 1 rings (SSSR count). The highest BCUT2D eigenvalue weighted by Gasteiger charge is 2.20. The molecule has 1 aliphatic rings. The lowest BCUT2D eigenvalue weighted by Crippen LogP contribution is -2.29. The number of nitrogens with zero attached hydrogens (tertiary/aromatic N) is 1. The molecule has 74 valence electrons. The van der Waals surface area contributed by atoms with E-state index in [9.17, 15) is 9.59 Å². The summed E-state index contributed by atoms with van der Waals surface area (Å²) in [5.41, 5.74) is 0. The van der Waals surface area contributed by atoms with E-state index in [1.165, 1.54) is 17.1 Å². The first kappa shape index (κ1) is 12.0. The van der Waals surface area contributed by atoms with E-state index in [-0.39, 0.29) is 11.8 Å². The van der Waals surface area contributed by atoms with Crippen LogP contribution in [0.25, 0.3) is 0 Å². The molecule has 0 aromatic heterocycles. The molecule has 0 aromatic rings. The summed E-state index contributed by atoms with van der Waals surface area (Å²) in [5, 5.41) is 0. The van der Waals surface area contributed by atoms with Crippen molar-refractivity contribution in [3.05, 3.63) is 12.2 Å². The molecule has 2 amide bonds.